The molecule has 1 aliphatic heterocycles. The van der Waals surface area contributed by atoms with Gasteiger partial charge in [-0.15, -0.1) is 0 Å². The van der Waals surface area contributed by atoms with Gasteiger partial charge in [-0.05, 0) is 23.6 Å². The van der Waals surface area contributed by atoms with E-state index in [9.17, 15) is 14.4 Å². The standard InChI is InChI=1S/C15H18N2O4/c1-8(2)13(15(20)21-3)17-14(19)10-5-4-9-7-12(18)16-11(9)6-10/h4-6,8,13H,7H2,1-3H3,(H,16,18)(H,17,19). The number of benzene rings is 1. The first-order chi connectivity index (χ1) is 9.92. The van der Waals surface area contributed by atoms with E-state index in [-0.39, 0.29) is 17.7 Å². The number of ether oxygens (including phenoxy) is 1. The molecule has 2 N–H and O–H groups in total. The number of hydrogen-bond donors (Lipinski definition) is 2. The van der Waals surface area contributed by atoms with Crippen LogP contribution in [0.25, 0.3) is 0 Å². The molecule has 0 aliphatic carbocycles. The van der Waals surface area contributed by atoms with Gasteiger partial charge in [0.2, 0.25) is 5.91 Å². The maximum absolute atomic E-state index is 12.2. The molecular formula is C15H18N2O4. The second-order valence-corrected chi connectivity index (χ2v) is 5.32. The number of fused-ring (bicyclic) bond motifs is 1. The average molecular weight is 290 g/mol. The van der Waals surface area contributed by atoms with Crippen LogP contribution in [0.15, 0.2) is 18.2 Å². The van der Waals surface area contributed by atoms with Crippen molar-refractivity contribution in [1.82, 2.24) is 5.32 Å². The van der Waals surface area contributed by atoms with Crippen LogP contribution >= 0.6 is 0 Å². The molecule has 1 unspecified atom stereocenters. The molecule has 1 heterocycles. The zero-order chi connectivity index (χ0) is 15.6. The highest BCUT2D eigenvalue weighted by atomic mass is 16.5. The molecule has 0 saturated carbocycles. The van der Waals surface area contributed by atoms with Crippen LogP contribution in [0, 0.1) is 5.92 Å². The zero-order valence-corrected chi connectivity index (χ0v) is 12.2. The third-order valence-electron chi connectivity index (χ3n) is 3.41. The SMILES string of the molecule is COC(=O)C(NC(=O)c1ccc2c(c1)NC(=O)C2)C(C)C. The summed E-state index contributed by atoms with van der Waals surface area (Å²) in [7, 11) is 1.29. The van der Waals surface area contributed by atoms with Gasteiger partial charge in [-0.25, -0.2) is 4.79 Å². The van der Waals surface area contributed by atoms with E-state index in [2.05, 4.69) is 15.4 Å². The molecule has 2 rings (SSSR count). The maximum Gasteiger partial charge on any atom is 0.328 e. The molecule has 21 heavy (non-hydrogen) atoms. The van der Waals surface area contributed by atoms with Crippen molar-refractivity contribution in [2.75, 3.05) is 12.4 Å². The van der Waals surface area contributed by atoms with Gasteiger partial charge in [0.25, 0.3) is 5.91 Å². The Morgan fingerprint density at radius 3 is 2.67 bits per heavy atom. The fourth-order valence-electron chi connectivity index (χ4n) is 2.20. The molecule has 1 aromatic carbocycles. The molecule has 6 nitrogen and oxygen atoms in total. The van der Waals surface area contributed by atoms with Crippen molar-refractivity contribution < 1.29 is 19.1 Å². The minimum atomic E-state index is -0.703. The number of nitrogens with one attached hydrogen (secondary N) is 2. The summed E-state index contributed by atoms with van der Waals surface area (Å²) in [5.41, 5.74) is 1.90. The lowest BCUT2D eigenvalue weighted by atomic mass is 10.0. The summed E-state index contributed by atoms with van der Waals surface area (Å²) in [6.07, 6.45) is 0.327. The smallest absolute Gasteiger partial charge is 0.328 e. The summed E-state index contributed by atoms with van der Waals surface area (Å²) in [6.45, 7) is 3.65. The van der Waals surface area contributed by atoms with Gasteiger partial charge in [0.15, 0.2) is 0 Å². The lowest BCUT2D eigenvalue weighted by Crippen LogP contribution is -2.45. The Labute approximate surface area is 122 Å². The van der Waals surface area contributed by atoms with Crippen molar-refractivity contribution in [3.8, 4) is 0 Å². The van der Waals surface area contributed by atoms with Gasteiger partial charge in [0, 0.05) is 11.3 Å². The summed E-state index contributed by atoms with van der Waals surface area (Å²) < 4.78 is 4.69. The Kier molecular flexibility index (Phi) is 4.26. The maximum atomic E-state index is 12.2. The van der Waals surface area contributed by atoms with Gasteiger partial charge < -0.3 is 15.4 Å². The summed E-state index contributed by atoms with van der Waals surface area (Å²) in [5, 5.41) is 5.35. The van der Waals surface area contributed by atoms with E-state index < -0.39 is 12.0 Å². The first-order valence-electron chi connectivity index (χ1n) is 6.74. The van der Waals surface area contributed by atoms with Gasteiger partial charge in [-0.2, -0.15) is 0 Å². The van der Waals surface area contributed by atoms with Crippen LogP contribution < -0.4 is 10.6 Å². The highest BCUT2D eigenvalue weighted by Crippen LogP contribution is 2.24. The summed E-state index contributed by atoms with van der Waals surface area (Å²) in [5.74, 6) is -1.02. The van der Waals surface area contributed by atoms with Crippen LogP contribution in [0.2, 0.25) is 0 Å². The molecule has 1 atom stereocenters. The Morgan fingerprint density at radius 1 is 1.33 bits per heavy atom. The van der Waals surface area contributed by atoms with E-state index in [0.29, 0.717) is 17.7 Å². The van der Waals surface area contributed by atoms with Gasteiger partial charge in [0.05, 0.1) is 13.5 Å². The van der Waals surface area contributed by atoms with E-state index in [4.69, 9.17) is 0 Å². The van der Waals surface area contributed by atoms with Crippen molar-refractivity contribution >= 4 is 23.5 Å². The van der Waals surface area contributed by atoms with E-state index in [1.54, 1.807) is 18.2 Å². The van der Waals surface area contributed by atoms with Gasteiger partial charge >= 0.3 is 5.97 Å². The van der Waals surface area contributed by atoms with Crippen LogP contribution in [0.5, 0.6) is 0 Å². The van der Waals surface area contributed by atoms with Gasteiger partial charge in [0.1, 0.15) is 6.04 Å². The molecule has 112 valence electrons. The molecule has 0 radical (unpaired) electrons. The van der Waals surface area contributed by atoms with Gasteiger partial charge in [-0.3, -0.25) is 9.59 Å². The van der Waals surface area contributed by atoms with Crippen molar-refractivity contribution in [3.05, 3.63) is 29.3 Å². The van der Waals surface area contributed by atoms with Crippen LogP contribution in [0.4, 0.5) is 5.69 Å². The van der Waals surface area contributed by atoms with Crippen LogP contribution in [-0.4, -0.2) is 30.9 Å². The number of esters is 1. The minimum absolute atomic E-state index is 0.0859. The van der Waals surface area contributed by atoms with Crippen molar-refractivity contribution in [2.24, 2.45) is 5.92 Å². The van der Waals surface area contributed by atoms with Crippen molar-refractivity contribution in [3.63, 3.8) is 0 Å². The van der Waals surface area contributed by atoms with Crippen molar-refractivity contribution in [2.45, 2.75) is 26.3 Å². The Morgan fingerprint density at radius 2 is 2.05 bits per heavy atom. The lowest BCUT2D eigenvalue weighted by Gasteiger charge is -2.19. The van der Waals surface area contributed by atoms with Crippen LogP contribution in [0.3, 0.4) is 0 Å². The normalized spacial score (nSPS) is 14.4. The van der Waals surface area contributed by atoms with E-state index in [1.807, 2.05) is 13.8 Å². The number of rotatable bonds is 4. The number of carbonyl (C=O) groups is 3. The second-order valence-electron chi connectivity index (χ2n) is 5.32. The highest BCUT2D eigenvalue weighted by molar-refractivity contribution is 6.03. The lowest BCUT2D eigenvalue weighted by molar-refractivity contribution is -0.144. The van der Waals surface area contributed by atoms with Crippen LogP contribution in [-0.2, 0) is 20.7 Å². The topological polar surface area (TPSA) is 84.5 Å². The number of carbonyl (C=O) groups excluding carboxylic acids is 3. The predicted octanol–water partition coefficient (Wildman–Crippen LogP) is 1.11. The molecule has 6 heteroatoms. The summed E-state index contributed by atoms with van der Waals surface area (Å²) >= 11 is 0. The quantitative estimate of drug-likeness (QED) is 0.814. The molecule has 1 aliphatic rings. The molecule has 0 fully saturated rings. The predicted molar refractivity (Wildman–Crippen MR) is 76.9 cm³/mol. The Bertz CT molecular complexity index is 595. The number of amides is 2. The first kappa shape index (κ1) is 15.0. The van der Waals surface area contributed by atoms with E-state index >= 15 is 0 Å². The first-order valence-corrected chi connectivity index (χ1v) is 6.74. The Balaban J connectivity index is 2.15. The zero-order valence-electron chi connectivity index (χ0n) is 12.2. The monoisotopic (exact) mass is 290 g/mol. The molecule has 0 aromatic heterocycles. The number of hydrogen-bond acceptors (Lipinski definition) is 4. The third kappa shape index (κ3) is 3.21. The molecule has 2 amide bonds. The molecule has 0 saturated heterocycles. The summed E-state index contributed by atoms with van der Waals surface area (Å²) in [4.78, 5) is 35.2. The fourth-order valence-corrected chi connectivity index (χ4v) is 2.20. The van der Waals surface area contributed by atoms with Crippen molar-refractivity contribution in [1.29, 1.82) is 0 Å². The molecule has 0 spiro atoms. The second kappa shape index (κ2) is 5.95. The third-order valence-corrected chi connectivity index (χ3v) is 3.41. The van der Waals surface area contributed by atoms with E-state index in [1.165, 1.54) is 7.11 Å². The minimum Gasteiger partial charge on any atom is -0.467 e. The Hall–Kier alpha value is -2.37. The average Bonchev–Trinajstić information content (AvgIpc) is 2.82. The summed E-state index contributed by atoms with van der Waals surface area (Å²) in [6, 6.07) is 4.29. The molecule has 1 aromatic rings. The van der Waals surface area contributed by atoms with Crippen LogP contribution in [0.1, 0.15) is 29.8 Å². The molecule has 0 bridgehead atoms. The fraction of sp³-hybridized carbons (Fsp3) is 0.400. The van der Waals surface area contributed by atoms with E-state index in [0.717, 1.165) is 5.56 Å². The highest BCUT2D eigenvalue weighted by Gasteiger charge is 2.26. The number of anilines is 1. The molecular weight excluding hydrogens is 272 g/mol. The largest absolute Gasteiger partial charge is 0.467 e. The number of methoxy groups -OCH3 is 1. The van der Waals surface area contributed by atoms with Gasteiger partial charge in [-0.1, -0.05) is 19.9 Å².